The minimum atomic E-state index is -1.84. The topological polar surface area (TPSA) is 0 Å². The van der Waals surface area contributed by atoms with Gasteiger partial charge in [-0.1, -0.05) is 99.5 Å². The lowest BCUT2D eigenvalue weighted by Gasteiger charge is -2.46. The maximum atomic E-state index is 6.46. The van der Waals surface area contributed by atoms with Crippen LogP contribution in [0.3, 0.4) is 0 Å². The van der Waals surface area contributed by atoms with Crippen LogP contribution in [0, 0.1) is 0 Å². The summed E-state index contributed by atoms with van der Waals surface area (Å²) >= 11 is 16.7. The Morgan fingerprint density at radius 3 is 1.36 bits per heavy atom. The van der Waals surface area contributed by atoms with Crippen LogP contribution in [0.5, 0.6) is 0 Å². The van der Waals surface area contributed by atoms with Gasteiger partial charge >= 0.3 is 0 Å². The fourth-order valence-electron chi connectivity index (χ4n) is 5.45. The van der Waals surface area contributed by atoms with E-state index in [9.17, 15) is 0 Å². The Morgan fingerprint density at radius 1 is 0.640 bits per heavy atom. The summed E-state index contributed by atoms with van der Waals surface area (Å²) in [5, 5.41) is 0. The predicted octanol–water partition coefficient (Wildman–Crippen LogP) is 7.35. The molecule has 5 heteroatoms. The molecule has 2 heterocycles. The Hall–Kier alpha value is 0.197. The highest BCUT2D eigenvalue weighted by molar-refractivity contribution is 7.39. The summed E-state index contributed by atoms with van der Waals surface area (Å²) in [4.78, 5) is 0. The highest BCUT2D eigenvalue weighted by Gasteiger charge is 2.52. The van der Waals surface area contributed by atoms with Gasteiger partial charge in [0, 0.05) is 0 Å². The van der Waals surface area contributed by atoms with E-state index in [1.54, 1.807) is 9.00 Å². The third-order valence-corrected chi connectivity index (χ3v) is 16.9. The van der Waals surface area contributed by atoms with E-state index in [4.69, 9.17) is 23.2 Å². The largest absolute Gasteiger partial charge is 0.149 e. The smallest absolute Gasteiger partial charge is 0.133 e. The van der Waals surface area contributed by atoms with Gasteiger partial charge in [-0.15, -0.1) is 22.7 Å². The molecule has 0 atom stereocenters. The molecule has 2 aliphatic rings. The Labute approximate surface area is 170 Å². The molecule has 0 saturated heterocycles. The Morgan fingerprint density at radius 2 is 1.04 bits per heavy atom. The molecule has 0 unspecified atom stereocenters. The molecule has 2 aromatic rings. The van der Waals surface area contributed by atoms with Crippen molar-refractivity contribution < 1.29 is 0 Å². The van der Waals surface area contributed by atoms with E-state index in [2.05, 4.69) is 24.3 Å². The molecular formula is C20H26Cl2S2Si. The quantitative estimate of drug-likeness (QED) is 0.446. The first kappa shape index (κ1) is 18.6. The van der Waals surface area contributed by atoms with Gasteiger partial charge in [0.05, 0.1) is 8.67 Å². The van der Waals surface area contributed by atoms with Crippen molar-refractivity contribution in [3.8, 4) is 0 Å². The second-order valence-electron chi connectivity index (χ2n) is 7.75. The summed E-state index contributed by atoms with van der Waals surface area (Å²) in [5.41, 5.74) is 1.74. The van der Waals surface area contributed by atoms with Gasteiger partial charge in [-0.05, 0) is 32.2 Å². The molecule has 2 fully saturated rings. The number of hydrogen-bond acceptors (Lipinski definition) is 2. The van der Waals surface area contributed by atoms with Crippen LogP contribution < -0.4 is 9.00 Å². The summed E-state index contributed by atoms with van der Waals surface area (Å²) in [5.74, 6) is 0. The maximum Gasteiger partial charge on any atom is 0.149 e. The lowest BCUT2D eigenvalue weighted by molar-refractivity contribution is 0.460. The standard InChI is InChI=1S/C20H26Cl2S2Si/c21-17-11-13-19(23-17)25(15-7-3-1-4-8-15,16-9-5-2-6-10-16)20-14-12-18(22)24-20/h11-16H,1-10H2. The van der Waals surface area contributed by atoms with Gasteiger partial charge in [-0.2, -0.15) is 0 Å². The van der Waals surface area contributed by atoms with Crippen molar-refractivity contribution in [2.45, 2.75) is 75.3 Å². The maximum absolute atomic E-state index is 6.46. The summed E-state index contributed by atoms with van der Waals surface area (Å²) < 4.78 is 5.19. The van der Waals surface area contributed by atoms with Crippen LogP contribution in [0.15, 0.2) is 24.3 Å². The van der Waals surface area contributed by atoms with E-state index in [0.717, 1.165) is 19.8 Å². The highest BCUT2D eigenvalue weighted by Crippen LogP contribution is 2.49. The second-order valence-corrected chi connectivity index (χ2v) is 16.3. The Kier molecular flexibility index (Phi) is 5.98. The van der Waals surface area contributed by atoms with Crippen LogP contribution >= 0.6 is 45.9 Å². The first-order valence-corrected chi connectivity index (χ1v) is 14.3. The summed E-state index contributed by atoms with van der Waals surface area (Å²) in [7, 11) is -1.84. The van der Waals surface area contributed by atoms with E-state index < -0.39 is 8.07 Å². The minimum absolute atomic E-state index is 0.869. The number of halogens is 2. The van der Waals surface area contributed by atoms with Gasteiger partial charge in [0.15, 0.2) is 0 Å². The molecule has 136 valence electrons. The van der Waals surface area contributed by atoms with Gasteiger partial charge in [-0.25, -0.2) is 0 Å². The second kappa shape index (κ2) is 8.06. The molecule has 0 spiro atoms. The molecule has 2 saturated carbocycles. The molecule has 0 bridgehead atoms. The Balaban J connectivity index is 1.89. The zero-order valence-corrected chi connectivity index (χ0v) is 18.8. The zero-order chi connectivity index (χ0) is 17.3. The van der Waals surface area contributed by atoms with Crippen LogP contribution in [0.2, 0.25) is 19.8 Å². The van der Waals surface area contributed by atoms with E-state index >= 15 is 0 Å². The van der Waals surface area contributed by atoms with Crippen LogP contribution in [0.25, 0.3) is 0 Å². The number of rotatable bonds is 4. The normalized spacial score (nSPS) is 20.9. The number of hydrogen-bond donors (Lipinski definition) is 0. The van der Waals surface area contributed by atoms with Crippen molar-refractivity contribution in [3.63, 3.8) is 0 Å². The van der Waals surface area contributed by atoms with Crippen molar-refractivity contribution in [3.05, 3.63) is 32.9 Å². The van der Waals surface area contributed by atoms with Crippen LogP contribution in [-0.4, -0.2) is 8.07 Å². The van der Waals surface area contributed by atoms with E-state index in [1.807, 2.05) is 22.7 Å². The molecule has 0 aromatic carbocycles. The van der Waals surface area contributed by atoms with Crippen LogP contribution in [0.1, 0.15) is 64.2 Å². The van der Waals surface area contributed by atoms with Gasteiger partial charge in [0.25, 0.3) is 0 Å². The van der Waals surface area contributed by atoms with E-state index in [-0.39, 0.29) is 0 Å². The lowest BCUT2D eigenvalue weighted by Crippen LogP contribution is -2.63. The minimum Gasteiger partial charge on any atom is -0.133 e. The highest BCUT2D eigenvalue weighted by atomic mass is 35.5. The summed E-state index contributed by atoms with van der Waals surface area (Å²) in [6.07, 6.45) is 14.1. The molecular weight excluding hydrogens is 403 g/mol. The third-order valence-electron chi connectivity index (χ3n) is 6.46. The fraction of sp³-hybridized carbons (Fsp3) is 0.600. The molecule has 0 radical (unpaired) electrons. The first-order valence-electron chi connectivity index (χ1n) is 9.73. The molecule has 2 aliphatic carbocycles. The average Bonchev–Trinajstić information content (AvgIpc) is 3.27. The molecule has 0 N–H and O–H groups in total. The van der Waals surface area contributed by atoms with Gasteiger partial charge in [0.2, 0.25) is 0 Å². The lowest BCUT2D eigenvalue weighted by atomic mass is 9.99. The van der Waals surface area contributed by atoms with Gasteiger partial charge < -0.3 is 0 Å². The van der Waals surface area contributed by atoms with Crippen molar-refractivity contribution in [1.82, 2.24) is 0 Å². The monoisotopic (exact) mass is 428 g/mol. The zero-order valence-electron chi connectivity index (χ0n) is 14.6. The SMILES string of the molecule is Clc1ccc([Si](c2ccc(Cl)s2)(C2CCCCC2)C2CCCCC2)s1. The van der Waals surface area contributed by atoms with Crippen LogP contribution in [-0.2, 0) is 0 Å². The predicted molar refractivity (Wildman–Crippen MR) is 117 cm³/mol. The number of thiophene rings is 2. The van der Waals surface area contributed by atoms with Gasteiger partial charge in [0.1, 0.15) is 8.07 Å². The first-order chi connectivity index (χ1) is 12.2. The third kappa shape index (κ3) is 3.52. The van der Waals surface area contributed by atoms with Crippen molar-refractivity contribution >= 4 is 63.0 Å². The van der Waals surface area contributed by atoms with E-state index in [1.165, 1.54) is 64.2 Å². The van der Waals surface area contributed by atoms with Gasteiger partial charge in [-0.3, -0.25) is 0 Å². The fourth-order valence-corrected chi connectivity index (χ4v) is 18.2. The molecule has 25 heavy (non-hydrogen) atoms. The molecule has 0 aliphatic heterocycles. The molecule has 0 nitrogen and oxygen atoms in total. The Bertz CT molecular complexity index is 636. The van der Waals surface area contributed by atoms with E-state index in [0.29, 0.717) is 0 Å². The van der Waals surface area contributed by atoms with Crippen molar-refractivity contribution in [1.29, 1.82) is 0 Å². The van der Waals surface area contributed by atoms with Crippen molar-refractivity contribution in [2.75, 3.05) is 0 Å². The molecule has 2 aromatic heterocycles. The van der Waals surface area contributed by atoms with Crippen LogP contribution in [0.4, 0.5) is 0 Å². The summed E-state index contributed by atoms with van der Waals surface area (Å²) in [6, 6.07) is 9.06. The molecule has 0 amide bonds. The summed E-state index contributed by atoms with van der Waals surface area (Å²) in [6.45, 7) is 0. The molecule has 4 rings (SSSR count). The average molecular weight is 430 g/mol. The van der Waals surface area contributed by atoms with Crippen molar-refractivity contribution in [2.24, 2.45) is 0 Å².